The van der Waals surface area contributed by atoms with E-state index in [1.807, 2.05) is 0 Å². The molecule has 0 aromatic heterocycles. The second-order valence-electron chi connectivity index (χ2n) is 8.70. The van der Waals surface area contributed by atoms with Crippen LogP contribution in [0.3, 0.4) is 0 Å². The van der Waals surface area contributed by atoms with Crippen molar-refractivity contribution in [2.75, 3.05) is 14.2 Å². The van der Waals surface area contributed by atoms with Crippen LogP contribution in [0.25, 0.3) is 0 Å². The Kier molecular flexibility index (Phi) is 6.53. The Balaban J connectivity index is 1.85. The van der Waals surface area contributed by atoms with Crippen molar-refractivity contribution in [1.29, 1.82) is 0 Å². The van der Waals surface area contributed by atoms with E-state index in [0.29, 0.717) is 12.7 Å². The molecule has 1 aliphatic carbocycles. The van der Waals surface area contributed by atoms with Gasteiger partial charge < -0.3 is 24.1 Å². The summed E-state index contributed by atoms with van der Waals surface area (Å²) < 4.78 is 64.2. The molecule has 0 saturated heterocycles. The summed E-state index contributed by atoms with van der Waals surface area (Å²) in [6.45, 7) is 1.60. The predicted molar refractivity (Wildman–Crippen MR) is 121 cm³/mol. The summed E-state index contributed by atoms with van der Waals surface area (Å²) in [6, 6.07) is 8.86. The highest BCUT2D eigenvalue weighted by Gasteiger charge is 2.68. The lowest BCUT2D eigenvalue weighted by Crippen LogP contribution is -2.66. The van der Waals surface area contributed by atoms with Gasteiger partial charge in [0.2, 0.25) is 0 Å². The van der Waals surface area contributed by atoms with Crippen molar-refractivity contribution in [1.82, 2.24) is 0 Å². The molecule has 1 N–H and O–H groups in total. The Labute approximate surface area is 209 Å². The number of methoxy groups -OCH3 is 2. The molecule has 4 atom stereocenters. The molecule has 0 amide bonds. The summed E-state index contributed by atoms with van der Waals surface area (Å²) >= 11 is 0. The second kappa shape index (κ2) is 9.22. The summed E-state index contributed by atoms with van der Waals surface area (Å²) in [5, 5.41) is 10.4. The number of fused-ring (bicyclic) bond motifs is 2. The molecule has 2 aromatic carbocycles. The molecule has 4 rings (SSSR count). The van der Waals surface area contributed by atoms with Gasteiger partial charge in [-0.3, -0.25) is 4.79 Å². The van der Waals surface area contributed by atoms with Crippen molar-refractivity contribution in [2.45, 2.75) is 36.8 Å². The smallest absolute Gasteiger partial charge is 0.432 e. The minimum Gasteiger partial charge on any atom is -0.507 e. The van der Waals surface area contributed by atoms with Gasteiger partial charge in [0.05, 0.1) is 13.0 Å². The molecule has 0 spiro atoms. The molecule has 0 saturated carbocycles. The number of aryl methyl sites for hydroxylation is 1. The SMILES string of the molecule is COC(=O)[C@@]12Oc3cc(C)cc(O)c3C(=O)[C@@H]1CC=C[C@@H]2OC(=O)[C@@](OC)(c1ccccc1)C(F)(F)F. The molecular weight excluding hydrogens is 497 g/mol. The van der Waals surface area contributed by atoms with Crippen molar-refractivity contribution in [3.05, 3.63) is 71.3 Å². The van der Waals surface area contributed by atoms with Crippen molar-refractivity contribution >= 4 is 17.7 Å². The van der Waals surface area contributed by atoms with Crippen LogP contribution < -0.4 is 4.74 Å². The van der Waals surface area contributed by atoms with Gasteiger partial charge in [0.25, 0.3) is 11.2 Å². The van der Waals surface area contributed by atoms with E-state index in [9.17, 15) is 32.7 Å². The van der Waals surface area contributed by atoms with Crippen LogP contribution in [0.1, 0.15) is 27.9 Å². The summed E-state index contributed by atoms with van der Waals surface area (Å²) in [5.74, 6) is -5.69. The highest BCUT2D eigenvalue weighted by molar-refractivity contribution is 6.08. The molecular formula is C26H23F3O8. The van der Waals surface area contributed by atoms with Gasteiger partial charge in [0.15, 0.2) is 11.9 Å². The fourth-order valence-corrected chi connectivity index (χ4v) is 4.88. The van der Waals surface area contributed by atoms with E-state index in [0.717, 1.165) is 19.2 Å². The van der Waals surface area contributed by atoms with Crippen LogP contribution in [0.15, 0.2) is 54.6 Å². The Bertz CT molecular complexity index is 1270. The van der Waals surface area contributed by atoms with Crippen LogP contribution in [-0.4, -0.2) is 54.9 Å². The molecule has 37 heavy (non-hydrogen) atoms. The molecule has 8 nitrogen and oxygen atoms in total. The van der Waals surface area contributed by atoms with Gasteiger partial charge in [-0.15, -0.1) is 0 Å². The van der Waals surface area contributed by atoms with Gasteiger partial charge in [-0.2, -0.15) is 13.2 Å². The van der Waals surface area contributed by atoms with Gasteiger partial charge in [-0.1, -0.05) is 36.4 Å². The average Bonchev–Trinajstić information content (AvgIpc) is 2.84. The number of alkyl halides is 3. The third kappa shape index (κ3) is 3.85. The first-order valence-electron chi connectivity index (χ1n) is 11.1. The number of hydrogen-bond donors (Lipinski definition) is 1. The van der Waals surface area contributed by atoms with Crippen LogP contribution in [0.5, 0.6) is 11.5 Å². The van der Waals surface area contributed by atoms with Crippen LogP contribution in [-0.2, 0) is 29.4 Å². The summed E-state index contributed by atoms with van der Waals surface area (Å²) in [5.41, 5.74) is -6.17. The van der Waals surface area contributed by atoms with E-state index in [4.69, 9.17) is 18.9 Å². The molecule has 1 aliphatic heterocycles. The van der Waals surface area contributed by atoms with Gasteiger partial charge in [0.1, 0.15) is 17.1 Å². The van der Waals surface area contributed by atoms with Crippen LogP contribution in [0.4, 0.5) is 13.2 Å². The van der Waals surface area contributed by atoms with E-state index in [1.54, 1.807) is 6.92 Å². The first-order chi connectivity index (χ1) is 17.4. The number of allylic oxidation sites excluding steroid dienone is 1. The number of hydrogen-bond acceptors (Lipinski definition) is 8. The monoisotopic (exact) mass is 520 g/mol. The maximum atomic E-state index is 14.4. The molecule has 0 bridgehead atoms. The van der Waals surface area contributed by atoms with Crippen LogP contribution in [0.2, 0.25) is 0 Å². The van der Waals surface area contributed by atoms with Gasteiger partial charge in [-0.05, 0) is 37.1 Å². The fourth-order valence-electron chi connectivity index (χ4n) is 4.88. The van der Waals surface area contributed by atoms with Crippen LogP contribution in [0, 0.1) is 12.8 Å². The number of carbonyl (C=O) groups excluding carboxylic acids is 3. The van der Waals surface area contributed by atoms with Crippen LogP contribution >= 0.6 is 0 Å². The number of aromatic hydroxyl groups is 1. The molecule has 11 heteroatoms. The van der Waals surface area contributed by atoms with E-state index >= 15 is 0 Å². The number of carbonyl (C=O) groups is 3. The highest BCUT2D eigenvalue weighted by atomic mass is 19.4. The minimum atomic E-state index is -5.27. The third-order valence-electron chi connectivity index (χ3n) is 6.60. The predicted octanol–water partition coefficient (Wildman–Crippen LogP) is 3.78. The molecule has 2 aliphatic rings. The standard InChI is InChI=1S/C26H23F3O8/c1-14-12-17(30)20-18(13-14)37-24(22(32)34-2)16(21(20)31)10-7-11-19(24)36-23(33)25(35-3,26(27,28)29)15-8-5-4-6-9-15/h4-9,11-13,16,19,30H,10H2,1-3H3/t16-,19-,24+,25-/m0/s1. The zero-order valence-electron chi connectivity index (χ0n) is 20.0. The Morgan fingerprint density at radius 3 is 2.41 bits per heavy atom. The molecule has 0 unspecified atom stereocenters. The second-order valence-corrected chi connectivity index (χ2v) is 8.70. The first-order valence-corrected chi connectivity index (χ1v) is 11.1. The number of phenolic OH excluding ortho intramolecular Hbond substituents is 1. The lowest BCUT2D eigenvalue weighted by Gasteiger charge is -2.46. The Hall–Kier alpha value is -3.86. The number of ether oxygens (including phenoxy) is 4. The topological polar surface area (TPSA) is 108 Å². The third-order valence-corrected chi connectivity index (χ3v) is 6.60. The summed E-state index contributed by atoms with van der Waals surface area (Å²) in [4.78, 5) is 40.0. The van der Waals surface area contributed by atoms with Crippen molar-refractivity contribution in [3.63, 3.8) is 0 Å². The number of benzene rings is 2. The zero-order valence-corrected chi connectivity index (χ0v) is 20.0. The zero-order chi connectivity index (χ0) is 27.2. The maximum absolute atomic E-state index is 14.4. The van der Waals surface area contributed by atoms with Gasteiger partial charge in [0, 0.05) is 12.7 Å². The number of Topliss-reactive ketones (excluding diaryl/α,β-unsaturated/α-hetero) is 1. The highest BCUT2D eigenvalue weighted by Crippen LogP contribution is 2.49. The molecule has 1 heterocycles. The number of ketones is 1. The summed E-state index contributed by atoms with van der Waals surface area (Å²) in [6.07, 6.45) is -4.63. The minimum absolute atomic E-state index is 0.0951. The molecule has 196 valence electrons. The van der Waals surface area contributed by atoms with Crippen molar-refractivity contribution in [3.8, 4) is 11.5 Å². The lowest BCUT2D eigenvalue weighted by atomic mass is 9.70. The average molecular weight is 520 g/mol. The summed E-state index contributed by atoms with van der Waals surface area (Å²) in [7, 11) is 1.71. The van der Waals surface area contributed by atoms with Crippen molar-refractivity contribution < 1.29 is 51.6 Å². The Morgan fingerprint density at radius 2 is 1.81 bits per heavy atom. The molecule has 0 radical (unpaired) electrons. The molecule has 2 aromatic rings. The number of esters is 2. The van der Waals surface area contributed by atoms with E-state index in [-0.39, 0.29) is 23.5 Å². The van der Waals surface area contributed by atoms with E-state index < -0.39 is 52.7 Å². The lowest BCUT2D eigenvalue weighted by molar-refractivity contribution is -0.280. The maximum Gasteiger partial charge on any atom is 0.432 e. The quantitative estimate of drug-likeness (QED) is 0.469. The van der Waals surface area contributed by atoms with E-state index in [2.05, 4.69) is 0 Å². The number of rotatable bonds is 5. The normalized spacial score (nSPS) is 24.2. The Morgan fingerprint density at radius 1 is 1.14 bits per heavy atom. The first kappa shape index (κ1) is 26.2. The van der Waals surface area contributed by atoms with E-state index in [1.165, 1.54) is 42.5 Å². The van der Waals surface area contributed by atoms with Gasteiger partial charge >= 0.3 is 18.1 Å². The fraction of sp³-hybridized carbons (Fsp3) is 0.346. The molecule has 0 fully saturated rings. The number of phenols is 1. The van der Waals surface area contributed by atoms with Crippen molar-refractivity contribution in [2.24, 2.45) is 5.92 Å². The largest absolute Gasteiger partial charge is 0.507 e. The van der Waals surface area contributed by atoms with Gasteiger partial charge in [-0.25, -0.2) is 9.59 Å². The number of halogens is 3.